The zero-order valence-electron chi connectivity index (χ0n) is 14.6. The van der Waals surface area contributed by atoms with Crippen molar-refractivity contribution in [3.63, 3.8) is 0 Å². The van der Waals surface area contributed by atoms with E-state index in [9.17, 15) is 31.2 Å². The lowest BCUT2D eigenvalue weighted by atomic mass is 10.1. The molecule has 0 aliphatic heterocycles. The van der Waals surface area contributed by atoms with E-state index in [1.807, 2.05) is 5.32 Å². The predicted octanol–water partition coefficient (Wildman–Crippen LogP) is 2.24. The fraction of sp³-hybridized carbons (Fsp3) is 0.222. The summed E-state index contributed by atoms with van der Waals surface area (Å²) in [5.74, 6) is -7.02. The van der Waals surface area contributed by atoms with Crippen molar-refractivity contribution >= 4 is 21.7 Å². The number of carbonyl (C=O) groups excluding carboxylic acids is 2. The van der Waals surface area contributed by atoms with Crippen LogP contribution in [0.3, 0.4) is 0 Å². The van der Waals surface area contributed by atoms with Crippen molar-refractivity contribution in [3.05, 3.63) is 65.5 Å². The summed E-state index contributed by atoms with van der Waals surface area (Å²) in [6.07, 6.45) is -0.403. The maximum atomic E-state index is 13.7. The largest absolute Gasteiger partial charge is 0.467 e. The minimum absolute atomic E-state index is 0.0144. The van der Waals surface area contributed by atoms with Crippen molar-refractivity contribution < 1.29 is 35.9 Å². The van der Waals surface area contributed by atoms with E-state index in [0.29, 0.717) is 12.1 Å². The van der Waals surface area contributed by atoms with Gasteiger partial charge in [0.25, 0.3) is 5.91 Å². The van der Waals surface area contributed by atoms with Crippen LogP contribution in [0.4, 0.5) is 13.2 Å². The Balaban J connectivity index is 2.19. The van der Waals surface area contributed by atoms with Crippen molar-refractivity contribution in [3.8, 4) is 0 Å². The molecule has 0 spiro atoms. The summed E-state index contributed by atoms with van der Waals surface area (Å²) in [7, 11) is -2.77. The van der Waals surface area contributed by atoms with Gasteiger partial charge in [-0.05, 0) is 18.6 Å². The highest BCUT2D eigenvalue weighted by Crippen LogP contribution is 2.16. The number of amides is 1. The molecular weight excluding hydrogens is 399 g/mol. The lowest BCUT2D eigenvalue weighted by Crippen LogP contribution is -2.43. The van der Waals surface area contributed by atoms with Gasteiger partial charge in [0.2, 0.25) is 0 Å². The van der Waals surface area contributed by atoms with E-state index in [-0.39, 0.29) is 4.90 Å². The molecule has 28 heavy (non-hydrogen) atoms. The summed E-state index contributed by atoms with van der Waals surface area (Å²) in [5.41, 5.74) is -1.10. The molecule has 2 rings (SSSR count). The molecule has 2 aromatic carbocycles. The summed E-state index contributed by atoms with van der Waals surface area (Å²) in [4.78, 5) is 24.0. The Labute approximate surface area is 159 Å². The summed E-state index contributed by atoms with van der Waals surface area (Å²) in [6.45, 7) is 0. The highest BCUT2D eigenvalue weighted by atomic mass is 32.2. The number of benzene rings is 2. The van der Waals surface area contributed by atoms with Gasteiger partial charge >= 0.3 is 5.97 Å². The molecule has 0 unspecified atom stereocenters. The number of rotatable bonds is 7. The standard InChI is InChI=1S/C18H16F3NO5S/c1-27-18(24)15(7-8-28(25,26)12-5-3-2-4-6-12)22-17(23)16-13(20)9-11(19)10-14(16)21/h2-6,9-10,15H,7-8H2,1H3,(H,22,23)/t15-/m1/s1. The third-order valence-electron chi connectivity index (χ3n) is 3.80. The van der Waals surface area contributed by atoms with E-state index >= 15 is 0 Å². The average Bonchev–Trinajstić information content (AvgIpc) is 2.64. The zero-order valence-corrected chi connectivity index (χ0v) is 15.4. The molecule has 0 aliphatic rings. The van der Waals surface area contributed by atoms with E-state index in [1.54, 1.807) is 6.07 Å². The van der Waals surface area contributed by atoms with Crippen LogP contribution in [-0.2, 0) is 19.4 Å². The van der Waals surface area contributed by atoms with Crippen LogP contribution in [0.1, 0.15) is 16.8 Å². The number of halogens is 3. The molecule has 0 radical (unpaired) electrons. The molecule has 2 aromatic rings. The first-order valence-corrected chi connectivity index (χ1v) is 9.62. The topological polar surface area (TPSA) is 89.5 Å². The number of carbonyl (C=O) groups is 2. The van der Waals surface area contributed by atoms with Crippen molar-refractivity contribution in [2.75, 3.05) is 12.9 Å². The first-order chi connectivity index (χ1) is 13.2. The van der Waals surface area contributed by atoms with Gasteiger partial charge in [0.05, 0.1) is 17.8 Å². The van der Waals surface area contributed by atoms with Crippen LogP contribution in [-0.4, -0.2) is 39.2 Å². The second-order valence-electron chi connectivity index (χ2n) is 5.71. The van der Waals surface area contributed by atoms with Gasteiger partial charge in [0, 0.05) is 12.1 Å². The fourth-order valence-corrected chi connectivity index (χ4v) is 3.75. The lowest BCUT2D eigenvalue weighted by Gasteiger charge is -2.17. The van der Waals surface area contributed by atoms with Crippen molar-refractivity contribution in [1.82, 2.24) is 5.32 Å². The van der Waals surface area contributed by atoms with Gasteiger partial charge in [-0.15, -0.1) is 0 Å². The number of sulfone groups is 1. The Hall–Kier alpha value is -2.88. The Morgan fingerprint density at radius 1 is 1.07 bits per heavy atom. The predicted molar refractivity (Wildman–Crippen MR) is 92.7 cm³/mol. The van der Waals surface area contributed by atoms with Gasteiger partial charge in [-0.2, -0.15) is 0 Å². The summed E-state index contributed by atoms with van der Waals surface area (Å²) < 4.78 is 69.6. The molecule has 0 aliphatic carbocycles. The van der Waals surface area contributed by atoms with Crippen molar-refractivity contribution in [1.29, 1.82) is 0 Å². The van der Waals surface area contributed by atoms with Crippen LogP contribution in [0.2, 0.25) is 0 Å². The maximum Gasteiger partial charge on any atom is 0.328 e. The Kier molecular flexibility index (Phi) is 6.79. The van der Waals surface area contributed by atoms with Gasteiger partial charge < -0.3 is 10.1 Å². The Bertz CT molecular complexity index is 957. The summed E-state index contributed by atoms with van der Waals surface area (Å²) in [5, 5.41) is 2.03. The van der Waals surface area contributed by atoms with Crippen LogP contribution >= 0.6 is 0 Å². The minimum Gasteiger partial charge on any atom is -0.467 e. The number of hydrogen-bond acceptors (Lipinski definition) is 5. The number of nitrogens with one attached hydrogen (secondary N) is 1. The third-order valence-corrected chi connectivity index (χ3v) is 5.57. The normalized spacial score (nSPS) is 12.3. The molecule has 0 saturated carbocycles. The van der Waals surface area contributed by atoms with Crippen LogP contribution in [0.25, 0.3) is 0 Å². The molecule has 0 bridgehead atoms. The lowest BCUT2D eigenvalue weighted by molar-refractivity contribution is -0.142. The Morgan fingerprint density at radius 2 is 1.64 bits per heavy atom. The van der Waals surface area contributed by atoms with Crippen molar-refractivity contribution in [2.45, 2.75) is 17.4 Å². The molecule has 1 amide bonds. The van der Waals surface area contributed by atoms with E-state index in [1.165, 1.54) is 24.3 Å². The quantitative estimate of drug-likeness (QED) is 0.701. The minimum atomic E-state index is -3.78. The van der Waals surface area contributed by atoms with E-state index in [0.717, 1.165) is 7.11 Å². The molecule has 0 heterocycles. The van der Waals surface area contributed by atoms with E-state index in [2.05, 4.69) is 4.74 Å². The van der Waals surface area contributed by atoms with Gasteiger partial charge in [-0.1, -0.05) is 18.2 Å². The van der Waals surface area contributed by atoms with Gasteiger partial charge in [0.15, 0.2) is 9.84 Å². The smallest absolute Gasteiger partial charge is 0.328 e. The molecule has 10 heteroatoms. The molecule has 1 N–H and O–H groups in total. The first-order valence-electron chi connectivity index (χ1n) is 7.96. The van der Waals surface area contributed by atoms with Crippen LogP contribution in [0.5, 0.6) is 0 Å². The number of esters is 1. The highest BCUT2D eigenvalue weighted by Gasteiger charge is 2.28. The van der Waals surface area contributed by atoms with Gasteiger partial charge in [0.1, 0.15) is 29.1 Å². The molecular formula is C18H16F3NO5S. The van der Waals surface area contributed by atoms with Crippen LogP contribution < -0.4 is 5.32 Å². The molecule has 0 aromatic heterocycles. The monoisotopic (exact) mass is 415 g/mol. The summed E-state index contributed by atoms with van der Waals surface area (Å²) in [6, 6.07) is 6.53. The number of ether oxygens (including phenoxy) is 1. The maximum absolute atomic E-state index is 13.7. The molecule has 6 nitrogen and oxygen atoms in total. The Morgan fingerprint density at radius 3 is 2.18 bits per heavy atom. The molecule has 0 fully saturated rings. The number of hydrogen-bond donors (Lipinski definition) is 1. The van der Waals surface area contributed by atoms with E-state index < -0.39 is 62.9 Å². The molecule has 0 saturated heterocycles. The molecule has 150 valence electrons. The fourth-order valence-electron chi connectivity index (χ4n) is 2.40. The number of methoxy groups -OCH3 is 1. The van der Waals surface area contributed by atoms with Gasteiger partial charge in [-0.3, -0.25) is 4.79 Å². The van der Waals surface area contributed by atoms with Crippen molar-refractivity contribution in [2.24, 2.45) is 0 Å². The third kappa shape index (κ3) is 5.10. The highest BCUT2D eigenvalue weighted by molar-refractivity contribution is 7.91. The SMILES string of the molecule is COC(=O)[C@@H](CCS(=O)(=O)c1ccccc1)NC(=O)c1c(F)cc(F)cc1F. The first kappa shape index (κ1) is 21.4. The summed E-state index contributed by atoms with van der Waals surface area (Å²) >= 11 is 0. The second-order valence-corrected chi connectivity index (χ2v) is 7.82. The second kappa shape index (κ2) is 8.87. The van der Waals surface area contributed by atoms with Gasteiger partial charge in [-0.25, -0.2) is 26.4 Å². The van der Waals surface area contributed by atoms with Crippen LogP contribution in [0.15, 0.2) is 47.4 Å². The average molecular weight is 415 g/mol. The molecule has 1 atom stereocenters. The van der Waals surface area contributed by atoms with Crippen LogP contribution in [0, 0.1) is 17.5 Å². The van der Waals surface area contributed by atoms with E-state index in [4.69, 9.17) is 0 Å². The zero-order chi connectivity index (χ0) is 20.9.